The Bertz CT molecular complexity index is 526. The van der Waals surface area contributed by atoms with Gasteiger partial charge in [0.1, 0.15) is 11.6 Å². The molecule has 1 aromatic heterocycles. The minimum Gasteiger partial charge on any atom is -0.494 e. The Balaban J connectivity index is 2.10. The second-order valence-corrected chi connectivity index (χ2v) is 4.76. The summed E-state index contributed by atoms with van der Waals surface area (Å²) in [5, 5.41) is 3.25. The quantitative estimate of drug-likeness (QED) is 0.914. The summed E-state index contributed by atoms with van der Waals surface area (Å²) in [5.41, 5.74) is 2.14. The lowest BCUT2D eigenvalue weighted by molar-refractivity contribution is 0.340. The standard InChI is InChI=1S/C14H15BrN2O/c1-3-18-12-6-4-11(5-7-12)17-14-8-10(2)13(15)9-16-14/h4-9H,3H2,1-2H3,(H,16,17). The summed E-state index contributed by atoms with van der Waals surface area (Å²) in [6, 6.07) is 9.84. The van der Waals surface area contributed by atoms with E-state index < -0.39 is 0 Å². The molecule has 0 aliphatic carbocycles. The van der Waals surface area contributed by atoms with E-state index in [0.717, 1.165) is 27.3 Å². The highest BCUT2D eigenvalue weighted by Crippen LogP contribution is 2.22. The number of anilines is 2. The van der Waals surface area contributed by atoms with Gasteiger partial charge in [-0.1, -0.05) is 0 Å². The van der Waals surface area contributed by atoms with E-state index >= 15 is 0 Å². The van der Waals surface area contributed by atoms with Crippen LogP contribution in [-0.2, 0) is 0 Å². The number of nitrogens with one attached hydrogen (secondary N) is 1. The van der Waals surface area contributed by atoms with Crippen LogP contribution in [0.5, 0.6) is 5.75 Å². The topological polar surface area (TPSA) is 34.1 Å². The maximum atomic E-state index is 5.40. The normalized spacial score (nSPS) is 10.2. The Labute approximate surface area is 115 Å². The number of pyridine rings is 1. The van der Waals surface area contributed by atoms with E-state index in [1.54, 1.807) is 6.20 Å². The fraction of sp³-hybridized carbons (Fsp3) is 0.214. The summed E-state index contributed by atoms with van der Waals surface area (Å²) in [6.07, 6.45) is 1.80. The maximum absolute atomic E-state index is 5.40. The lowest BCUT2D eigenvalue weighted by atomic mass is 10.2. The second-order valence-electron chi connectivity index (χ2n) is 3.90. The van der Waals surface area contributed by atoms with Crippen LogP contribution in [0.15, 0.2) is 41.0 Å². The summed E-state index contributed by atoms with van der Waals surface area (Å²) in [6.45, 7) is 4.69. The molecule has 0 bridgehead atoms. The number of aryl methyl sites for hydroxylation is 1. The minimum atomic E-state index is 0.681. The highest BCUT2D eigenvalue weighted by Gasteiger charge is 2.00. The summed E-state index contributed by atoms with van der Waals surface area (Å²) in [4.78, 5) is 4.30. The Morgan fingerprint density at radius 2 is 2.00 bits per heavy atom. The van der Waals surface area contributed by atoms with Gasteiger partial charge in [-0.25, -0.2) is 4.98 Å². The Kier molecular flexibility index (Phi) is 4.20. The Morgan fingerprint density at radius 1 is 1.28 bits per heavy atom. The number of ether oxygens (including phenoxy) is 1. The van der Waals surface area contributed by atoms with Crippen LogP contribution < -0.4 is 10.1 Å². The molecule has 0 spiro atoms. The molecule has 18 heavy (non-hydrogen) atoms. The average molecular weight is 307 g/mol. The molecule has 3 nitrogen and oxygen atoms in total. The lowest BCUT2D eigenvalue weighted by Gasteiger charge is -2.08. The van der Waals surface area contributed by atoms with Gasteiger partial charge in [-0.05, 0) is 65.7 Å². The largest absolute Gasteiger partial charge is 0.494 e. The van der Waals surface area contributed by atoms with Crippen molar-refractivity contribution < 1.29 is 4.74 Å². The van der Waals surface area contributed by atoms with Crippen molar-refractivity contribution in [2.24, 2.45) is 0 Å². The van der Waals surface area contributed by atoms with Crippen molar-refractivity contribution >= 4 is 27.4 Å². The van der Waals surface area contributed by atoms with E-state index in [-0.39, 0.29) is 0 Å². The lowest BCUT2D eigenvalue weighted by Crippen LogP contribution is -1.95. The van der Waals surface area contributed by atoms with Gasteiger partial charge in [-0.15, -0.1) is 0 Å². The SMILES string of the molecule is CCOc1ccc(Nc2cc(C)c(Br)cn2)cc1. The van der Waals surface area contributed by atoms with E-state index in [4.69, 9.17) is 4.74 Å². The molecule has 0 amide bonds. The van der Waals surface area contributed by atoms with E-state index in [0.29, 0.717) is 6.61 Å². The molecule has 0 aliphatic heterocycles. The van der Waals surface area contributed by atoms with Crippen molar-refractivity contribution in [1.82, 2.24) is 4.98 Å². The molecular formula is C14H15BrN2O. The molecule has 0 saturated heterocycles. The third-order valence-corrected chi connectivity index (χ3v) is 3.31. The predicted molar refractivity (Wildman–Crippen MR) is 77.6 cm³/mol. The van der Waals surface area contributed by atoms with Gasteiger partial charge in [0.05, 0.1) is 6.61 Å². The number of rotatable bonds is 4. The number of nitrogens with zero attached hydrogens (tertiary/aromatic N) is 1. The fourth-order valence-electron chi connectivity index (χ4n) is 1.56. The molecule has 4 heteroatoms. The zero-order valence-corrected chi connectivity index (χ0v) is 12.0. The van der Waals surface area contributed by atoms with Gasteiger partial charge in [0, 0.05) is 16.4 Å². The average Bonchev–Trinajstić information content (AvgIpc) is 2.37. The molecule has 0 aliphatic rings. The van der Waals surface area contributed by atoms with Gasteiger partial charge < -0.3 is 10.1 Å². The molecule has 94 valence electrons. The third-order valence-electron chi connectivity index (χ3n) is 2.48. The van der Waals surface area contributed by atoms with Crippen molar-refractivity contribution in [2.45, 2.75) is 13.8 Å². The summed E-state index contributed by atoms with van der Waals surface area (Å²) in [5.74, 6) is 1.71. The maximum Gasteiger partial charge on any atom is 0.130 e. The first-order valence-corrected chi connectivity index (χ1v) is 6.60. The number of aromatic nitrogens is 1. The van der Waals surface area contributed by atoms with E-state index in [9.17, 15) is 0 Å². The summed E-state index contributed by atoms with van der Waals surface area (Å²) in [7, 11) is 0. The van der Waals surface area contributed by atoms with Crippen LogP contribution in [0.25, 0.3) is 0 Å². The van der Waals surface area contributed by atoms with Crippen LogP contribution >= 0.6 is 15.9 Å². The van der Waals surface area contributed by atoms with Gasteiger partial charge in [0.25, 0.3) is 0 Å². The van der Waals surface area contributed by atoms with E-state index in [2.05, 4.69) is 26.2 Å². The predicted octanol–water partition coefficient (Wildman–Crippen LogP) is 4.29. The molecule has 0 atom stereocenters. The van der Waals surface area contributed by atoms with Crippen LogP contribution in [0.1, 0.15) is 12.5 Å². The Morgan fingerprint density at radius 3 is 2.61 bits per heavy atom. The molecule has 0 fully saturated rings. The van der Waals surface area contributed by atoms with Gasteiger partial charge >= 0.3 is 0 Å². The zero-order chi connectivity index (χ0) is 13.0. The van der Waals surface area contributed by atoms with E-state index in [1.165, 1.54) is 0 Å². The first-order valence-electron chi connectivity index (χ1n) is 5.81. The van der Waals surface area contributed by atoms with Crippen LogP contribution in [0.2, 0.25) is 0 Å². The van der Waals surface area contributed by atoms with Crippen molar-refractivity contribution in [2.75, 3.05) is 11.9 Å². The fourth-order valence-corrected chi connectivity index (χ4v) is 1.77. The van der Waals surface area contributed by atoms with Gasteiger partial charge in [-0.3, -0.25) is 0 Å². The zero-order valence-electron chi connectivity index (χ0n) is 10.4. The number of hydrogen-bond donors (Lipinski definition) is 1. The molecule has 0 saturated carbocycles. The van der Waals surface area contributed by atoms with Crippen molar-refractivity contribution in [3.63, 3.8) is 0 Å². The molecule has 2 aromatic rings. The van der Waals surface area contributed by atoms with Crippen molar-refractivity contribution in [3.05, 3.63) is 46.6 Å². The van der Waals surface area contributed by atoms with Crippen molar-refractivity contribution in [1.29, 1.82) is 0 Å². The smallest absolute Gasteiger partial charge is 0.130 e. The molecule has 2 rings (SSSR count). The van der Waals surface area contributed by atoms with Gasteiger partial charge in [-0.2, -0.15) is 0 Å². The molecule has 1 N–H and O–H groups in total. The monoisotopic (exact) mass is 306 g/mol. The first-order chi connectivity index (χ1) is 8.69. The number of halogens is 1. The highest BCUT2D eigenvalue weighted by atomic mass is 79.9. The van der Waals surface area contributed by atoms with Crippen LogP contribution in [0.3, 0.4) is 0 Å². The second kappa shape index (κ2) is 5.87. The molecular weight excluding hydrogens is 292 g/mol. The summed E-state index contributed by atoms with van der Waals surface area (Å²) >= 11 is 3.43. The Hall–Kier alpha value is -1.55. The molecule has 0 radical (unpaired) electrons. The number of hydrogen-bond acceptors (Lipinski definition) is 3. The van der Waals surface area contributed by atoms with Crippen LogP contribution in [0.4, 0.5) is 11.5 Å². The minimum absolute atomic E-state index is 0.681. The molecule has 1 heterocycles. The number of benzene rings is 1. The van der Waals surface area contributed by atoms with Crippen LogP contribution in [0, 0.1) is 6.92 Å². The van der Waals surface area contributed by atoms with Gasteiger partial charge in [0.15, 0.2) is 0 Å². The third kappa shape index (κ3) is 3.23. The van der Waals surface area contributed by atoms with Crippen LogP contribution in [-0.4, -0.2) is 11.6 Å². The highest BCUT2D eigenvalue weighted by molar-refractivity contribution is 9.10. The summed E-state index contributed by atoms with van der Waals surface area (Å²) < 4.78 is 6.41. The molecule has 1 aromatic carbocycles. The van der Waals surface area contributed by atoms with Crippen molar-refractivity contribution in [3.8, 4) is 5.75 Å². The molecule has 0 unspecified atom stereocenters. The van der Waals surface area contributed by atoms with Gasteiger partial charge in [0.2, 0.25) is 0 Å². The van der Waals surface area contributed by atoms with E-state index in [1.807, 2.05) is 44.2 Å². The first kappa shape index (κ1) is 12.9.